The fourth-order valence-corrected chi connectivity index (χ4v) is 5.30. The van der Waals surface area contributed by atoms with Gasteiger partial charge in [0, 0.05) is 58.5 Å². The van der Waals surface area contributed by atoms with E-state index in [1.807, 2.05) is 18.2 Å². The van der Waals surface area contributed by atoms with Crippen LogP contribution in [-0.2, 0) is 10.2 Å². The molecular weight excluding hydrogens is 420 g/mol. The molecule has 5 heteroatoms. The second kappa shape index (κ2) is 9.64. The van der Waals surface area contributed by atoms with Gasteiger partial charge in [-0.05, 0) is 68.9 Å². The Balaban J connectivity index is 1.67. The predicted molar refractivity (Wildman–Crippen MR) is 139 cm³/mol. The van der Waals surface area contributed by atoms with Gasteiger partial charge in [0.1, 0.15) is 6.29 Å². The van der Waals surface area contributed by atoms with Crippen LogP contribution in [-0.4, -0.2) is 41.3 Å². The largest absolute Gasteiger partial charge is 0.375 e. The number of aryl methyl sites for hydroxylation is 1. The number of H-pyrrole nitrogens is 1. The highest BCUT2D eigenvalue weighted by atomic mass is 16.1. The minimum absolute atomic E-state index is 0.465. The summed E-state index contributed by atoms with van der Waals surface area (Å²) in [7, 11) is 0. The number of carbonyl (C=O) groups is 1. The number of aromatic nitrogens is 1. The van der Waals surface area contributed by atoms with E-state index in [4.69, 9.17) is 0 Å². The molecular formula is C29H36N4O. The van der Waals surface area contributed by atoms with Crippen molar-refractivity contribution in [2.45, 2.75) is 70.9 Å². The number of nitrogens with one attached hydrogen (secondary N) is 2. The Labute approximate surface area is 203 Å². The SMILES string of the molecule is C=C/C(C=O)=C(\C=C(/C)N1CCC(NC2CC2)CC1)C(C)(C)c1[nH]c2cc(C#N)ccc2c1C. The standard InChI is InChI=1S/C29H36N4O/c1-6-22(18-34)26(15-19(2)33-13-11-24(12-14-33)31-23-8-9-23)29(4,5)28-20(3)25-10-7-21(17-30)16-27(25)32-28/h6-7,10,15-16,18,23-24,31-32H,1,8-9,11-14H2,2-5H3/b19-15+,26-22-. The average molecular weight is 457 g/mol. The van der Waals surface area contributed by atoms with E-state index in [9.17, 15) is 10.1 Å². The number of allylic oxidation sites excluding steroid dienone is 5. The molecule has 0 amide bonds. The summed E-state index contributed by atoms with van der Waals surface area (Å²) in [5.41, 5.74) is 6.01. The molecule has 1 saturated heterocycles. The lowest BCUT2D eigenvalue weighted by molar-refractivity contribution is -0.104. The number of hydrogen-bond donors (Lipinski definition) is 2. The number of nitriles is 1. The monoisotopic (exact) mass is 456 g/mol. The molecule has 0 radical (unpaired) electrons. The number of likely N-dealkylation sites (tertiary alicyclic amines) is 1. The van der Waals surface area contributed by atoms with Crippen molar-refractivity contribution in [2.24, 2.45) is 0 Å². The van der Waals surface area contributed by atoms with Crippen molar-refractivity contribution in [2.75, 3.05) is 13.1 Å². The fourth-order valence-electron chi connectivity index (χ4n) is 5.30. The summed E-state index contributed by atoms with van der Waals surface area (Å²) in [5, 5.41) is 14.2. The highest BCUT2D eigenvalue weighted by molar-refractivity contribution is 5.87. The number of fused-ring (bicyclic) bond motifs is 1. The minimum atomic E-state index is -0.465. The van der Waals surface area contributed by atoms with Gasteiger partial charge >= 0.3 is 0 Å². The predicted octanol–water partition coefficient (Wildman–Crippen LogP) is 5.43. The molecule has 2 N–H and O–H groups in total. The molecule has 2 aromatic rings. The molecule has 2 fully saturated rings. The fraction of sp³-hybridized carbons (Fsp3) is 0.448. The van der Waals surface area contributed by atoms with Crippen molar-refractivity contribution >= 4 is 17.2 Å². The maximum atomic E-state index is 12.1. The van der Waals surface area contributed by atoms with Crippen molar-refractivity contribution in [3.05, 3.63) is 70.6 Å². The zero-order valence-corrected chi connectivity index (χ0v) is 20.9. The Hall–Kier alpha value is -3.10. The number of rotatable bonds is 8. The van der Waals surface area contributed by atoms with Crippen molar-refractivity contribution < 1.29 is 4.79 Å². The van der Waals surface area contributed by atoms with Crippen molar-refractivity contribution in [3.8, 4) is 6.07 Å². The van der Waals surface area contributed by atoms with Crippen LogP contribution in [0.4, 0.5) is 0 Å². The van der Waals surface area contributed by atoms with E-state index in [-0.39, 0.29) is 0 Å². The lowest BCUT2D eigenvalue weighted by atomic mass is 9.76. The number of hydrogen-bond acceptors (Lipinski definition) is 4. The van der Waals surface area contributed by atoms with E-state index in [0.29, 0.717) is 17.2 Å². The molecule has 4 rings (SSSR count). The molecule has 0 spiro atoms. The van der Waals surface area contributed by atoms with Gasteiger partial charge in [0.05, 0.1) is 11.6 Å². The number of aromatic amines is 1. The van der Waals surface area contributed by atoms with Gasteiger partial charge in [0.2, 0.25) is 0 Å². The smallest absolute Gasteiger partial charge is 0.150 e. The number of piperidine rings is 1. The molecule has 1 aliphatic heterocycles. The molecule has 1 saturated carbocycles. The lowest BCUT2D eigenvalue weighted by Gasteiger charge is -2.36. The Morgan fingerprint density at radius 2 is 1.91 bits per heavy atom. The summed E-state index contributed by atoms with van der Waals surface area (Å²) in [6.07, 6.45) is 9.68. The molecule has 0 bridgehead atoms. The Kier molecular flexibility index (Phi) is 6.81. The van der Waals surface area contributed by atoms with Gasteiger partial charge in [-0.25, -0.2) is 0 Å². The molecule has 178 valence electrons. The summed E-state index contributed by atoms with van der Waals surface area (Å²) < 4.78 is 0. The molecule has 2 heterocycles. The molecule has 5 nitrogen and oxygen atoms in total. The van der Waals surface area contributed by atoms with Gasteiger partial charge in [-0.1, -0.05) is 32.6 Å². The quantitative estimate of drug-likeness (QED) is 0.316. The van der Waals surface area contributed by atoms with Crippen molar-refractivity contribution in [1.82, 2.24) is 15.2 Å². The molecule has 0 atom stereocenters. The molecule has 1 aromatic carbocycles. The minimum Gasteiger partial charge on any atom is -0.375 e. The lowest BCUT2D eigenvalue weighted by Crippen LogP contribution is -2.42. The molecule has 1 aromatic heterocycles. The third-order valence-electron chi connectivity index (χ3n) is 7.54. The first-order valence-corrected chi connectivity index (χ1v) is 12.3. The highest BCUT2D eigenvalue weighted by Gasteiger charge is 2.32. The van der Waals surface area contributed by atoms with Crippen LogP contribution in [0, 0.1) is 18.3 Å². The van der Waals surface area contributed by atoms with E-state index in [1.54, 1.807) is 6.08 Å². The van der Waals surface area contributed by atoms with Gasteiger partial charge < -0.3 is 15.2 Å². The molecule has 34 heavy (non-hydrogen) atoms. The zero-order chi connectivity index (χ0) is 24.5. The van der Waals surface area contributed by atoms with Gasteiger partial charge in [0.15, 0.2) is 0 Å². The van der Waals surface area contributed by atoms with Gasteiger partial charge in [0.25, 0.3) is 0 Å². The Bertz CT molecular complexity index is 1180. The topological polar surface area (TPSA) is 71.9 Å². The van der Waals surface area contributed by atoms with Crippen LogP contribution in [0.15, 0.2) is 53.8 Å². The van der Waals surface area contributed by atoms with E-state index < -0.39 is 5.41 Å². The van der Waals surface area contributed by atoms with Crippen LogP contribution < -0.4 is 5.32 Å². The molecule has 1 aliphatic carbocycles. The third kappa shape index (κ3) is 4.74. The Morgan fingerprint density at radius 3 is 2.50 bits per heavy atom. The number of nitrogens with zero attached hydrogens (tertiary/aromatic N) is 2. The maximum absolute atomic E-state index is 12.1. The first-order valence-electron chi connectivity index (χ1n) is 12.3. The van der Waals surface area contributed by atoms with E-state index >= 15 is 0 Å². The summed E-state index contributed by atoms with van der Waals surface area (Å²) in [6.45, 7) is 14.5. The average Bonchev–Trinajstić information content (AvgIpc) is 3.59. The second-order valence-electron chi connectivity index (χ2n) is 10.3. The van der Waals surface area contributed by atoms with Crippen LogP contribution in [0.2, 0.25) is 0 Å². The number of carbonyl (C=O) groups excluding carboxylic acids is 1. The van der Waals surface area contributed by atoms with E-state index in [2.05, 4.69) is 61.6 Å². The highest BCUT2D eigenvalue weighted by Crippen LogP contribution is 2.39. The van der Waals surface area contributed by atoms with Gasteiger partial charge in [-0.2, -0.15) is 5.26 Å². The number of aldehydes is 1. The molecule has 0 unspecified atom stereocenters. The maximum Gasteiger partial charge on any atom is 0.150 e. The van der Waals surface area contributed by atoms with Crippen LogP contribution in [0.1, 0.15) is 63.3 Å². The first kappa shape index (κ1) is 24.0. The summed E-state index contributed by atoms with van der Waals surface area (Å²) >= 11 is 0. The van der Waals surface area contributed by atoms with Crippen LogP contribution in [0.3, 0.4) is 0 Å². The Morgan fingerprint density at radius 1 is 1.24 bits per heavy atom. The van der Waals surface area contributed by atoms with Crippen LogP contribution in [0.5, 0.6) is 0 Å². The van der Waals surface area contributed by atoms with Gasteiger partial charge in [-0.15, -0.1) is 0 Å². The van der Waals surface area contributed by atoms with Crippen molar-refractivity contribution in [3.63, 3.8) is 0 Å². The summed E-state index contributed by atoms with van der Waals surface area (Å²) in [5.74, 6) is 0. The molecule has 2 aliphatic rings. The summed E-state index contributed by atoms with van der Waals surface area (Å²) in [4.78, 5) is 18.1. The van der Waals surface area contributed by atoms with Crippen LogP contribution >= 0.6 is 0 Å². The number of benzene rings is 1. The third-order valence-corrected chi connectivity index (χ3v) is 7.54. The van der Waals surface area contributed by atoms with E-state index in [1.165, 1.54) is 18.5 Å². The normalized spacial score (nSPS) is 18.6. The van der Waals surface area contributed by atoms with Crippen molar-refractivity contribution in [1.29, 1.82) is 5.26 Å². The van der Waals surface area contributed by atoms with Crippen LogP contribution in [0.25, 0.3) is 10.9 Å². The first-order chi connectivity index (χ1) is 16.3. The zero-order valence-electron chi connectivity index (χ0n) is 20.9. The van der Waals surface area contributed by atoms with E-state index in [0.717, 1.165) is 66.0 Å². The summed E-state index contributed by atoms with van der Waals surface area (Å²) in [6, 6.07) is 9.32. The van der Waals surface area contributed by atoms with Gasteiger partial charge in [-0.3, -0.25) is 4.79 Å². The second-order valence-corrected chi connectivity index (χ2v) is 10.3.